The highest BCUT2D eigenvalue weighted by Gasteiger charge is 2.11. The summed E-state index contributed by atoms with van der Waals surface area (Å²) in [5.74, 6) is -0.669. The molecule has 8 heteroatoms. The molecule has 0 spiro atoms. The molecule has 2 N–H and O–H groups in total. The van der Waals surface area contributed by atoms with Gasteiger partial charge in [0.1, 0.15) is 0 Å². The van der Waals surface area contributed by atoms with Crippen LogP contribution in [0.2, 0.25) is 10.0 Å². The number of anilines is 1. The number of halogens is 3. The SMILES string of the molecule is COC(=O)c1ccc(-c2ccc(Cl)c(Br)c2)c(C)c1.COC(=O)c1ccc(-c2ccc(Cl)c(N)c2)c(C)c1. The van der Waals surface area contributed by atoms with Crippen LogP contribution in [0.4, 0.5) is 5.69 Å². The number of nitrogens with two attached hydrogens (primary N) is 1. The van der Waals surface area contributed by atoms with E-state index in [4.69, 9.17) is 38.4 Å². The van der Waals surface area contributed by atoms with Gasteiger partial charge in [0.25, 0.3) is 0 Å². The lowest BCUT2D eigenvalue weighted by molar-refractivity contribution is 0.0592. The van der Waals surface area contributed by atoms with E-state index in [1.165, 1.54) is 14.2 Å². The van der Waals surface area contributed by atoms with Crippen molar-refractivity contribution in [3.8, 4) is 22.3 Å². The first-order valence-electron chi connectivity index (χ1n) is 11.4. The van der Waals surface area contributed by atoms with Crippen molar-refractivity contribution in [2.45, 2.75) is 13.8 Å². The maximum Gasteiger partial charge on any atom is 0.337 e. The van der Waals surface area contributed by atoms with Crippen LogP contribution in [0.15, 0.2) is 77.3 Å². The van der Waals surface area contributed by atoms with Crippen LogP contribution in [0.1, 0.15) is 31.8 Å². The summed E-state index contributed by atoms with van der Waals surface area (Å²) in [5.41, 5.74) is 13.5. The van der Waals surface area contributed by atoms with E-state index in [0.717, 1.165) is 37.9 Å². The van der Waals surface area contributed by atoms with Gasteiger partial charge in [-0.1, -0.05) is 47.5 Å². The minimum atomic E-state index is -0.342. The number of benzene rings is 4. The van der Waals surface area contributed by atoms with Gasteiger partial charge in [-0.15, -0.1) is 0 Å². The predicted molar refractivity (Wildman–Crippen MR) is 158 cm³/mol. The van der Waals surface area contributed by atoms with Crippen LogP contribution in [0, 0.1) is 13.8 Å². The van der Waals surface area contributed by atoms with E-state index in [0.29, 0.717) is 26.9 Å². The molecule has 0 amide bonds. The minimum absolute atomic E-state index is 0.327. The molecule has 4 rings (SSSR count). The molecule has 0 saturated carbocycles. The summed E-state index contributed by atoms with van der Waals surface area (Å²) in [6, 6.07) is 22.2. The summed E-state index contributed by atoms with van der Waals surface area (Å²) in [6.45, 7) is 3.90. The molecule has 5 nitrogen and oxygen atoms in total. The van der Waals surface area contributed by atoms with E-state index < -0.39 is 0 Å². The first-order valence-corrected chi connectivity index (χ1v) is 13.0. The molecule has 196 valence electrons. The third-order valence-corrected chi connectivity index (χ3v) is 7.39. The van der Waals surface area contributed by atoms with Gasteiger partial charge in [0.15, 0.2) is 0 Å². The fourth-order valence-corrected chi connectivity index (χ4v) is 4.45. The topological polar surface area (TPSA) is 78.6 Å². The van der Waals surface area contributed by atoms with E-state index in [9.17, 15) is 9.59 Å². The summed E-state index contributed by atoms with van der Waals surface area (Å²) in [7, 11) is 2.74. The highest BCUT2D eigenvalue weighted by atomic mass is 79.9. The lowest BCUT2D eigenvalue weighted by Crippen LogP contribution is -2.01. The molecule has 0 saturated heterocycles. The van der Waals surface area contributed by atoms with Crippen molar-refractivity contribution in [3.05, 3.63) is 110 Å². The zero-order valence-electron chi connectivity index (χ0n) is 21.3. The Hall–Kier alpha value is -3.32. The smallest absolute Gasteiger partial charge is 0.337 e. The molecule has 38 heavy (non-hydrogen) atoms. The molecule has 0 aliphatic heterocycles. The molecular formula is C30H26BrCl2NO4. The molecule has 0 unspecified atom stereocenters. The zero-order chi connectivity index (χ0) is 28.0. The molecular weight excluding hydrogens is 589 g/mol. The molecule has 0 bridgehead atoms. The van der Waals surface area contributed by atoms with E-state index in [1.807, 2.05) is 62.4 Å². The Bertz CT molecular complexity index is 1390. The minimum Gasteiger partial charge on any atom is -0.465 e. The molecule has 0 heterocycles. The molecule has 0 atom stereocenters. The van der Waals surface area contributed by atoms with Crippen molar-refractivity contribution in [2.24, 2.45) is 0 Å². The number of carbonyl (C=O) groups is 2. The monoisotopic (exact) mass is 613 g/mol. The van der Waals surface area contributed by atoms with Crippen LogP contribution in [0.5, 0.6) is 0 Å². The highest BCUT2D eigenvalue weighted by molar-refractivity contribution is 9.10. The fourth-order valence-electron chi connectivity index (χ4n) is 3.84. The van der Waals surface area contributed by atoms with Gasteiger partial charge in [-0.25, -0.2) is 9.59 Å². The Morgan fingerprint density at radius 3 is 1.53 bits per heavy atom. The lowest BCUT2D eigenvalue weighted by atomic mass is 9.98. The van der Waals surface area contributed by atoms with Gasteiger partial charge in [-0.05, 0) is 112 Å². The van der Waals surface area contributed by atoms with E-state index in [1.54, 1.807) is 24.3 Å². The van der Waals surface area contributed by atoms with Crippen LogP contribution >= 0.6 is 39.1 Å². The van der Waals surface area contributed by atoms with Crippen LogP contribution in [-0.4, -0.2) is 26.2 Å². The molecule has 4 aromatic carbocycles. The van der Waals surface area contributed by atoms with Gasteiger partial charge in [0.05, 0.1) is 41.1 Å². The summed E-state index contributed by atoms with van der Waals surface area (Å²) >= 11 is 15.3. The van der Waals surface area contributed by atoms with Crippen molar-refractivity contribution < 1.29 is 19.1 Å². The quantitative estimate of drug-likeness (QED) is 0.184. The third kappa shape index (κ3) is 6.95. The van der Waals surface area contributed by atoms with Gasteiger partial charge in [-0.3, -0.25) is 0 Å². The summed E-state index contributed by atoms with van der Waals surface area (Å²) in [6.07, 6.45) is 0. The molecule has 0 aliphatic rings. The average Bonchev–Trinajstić information content (AvgIpc) is 2.91. The van der Waals surface area contributed by atoms with Crippen LogP contribution in [0.25, 0.3) is 22.3 Å². The summed E-state index contributed by atoms with van der Waals surface area (Å²) in [4.78, 5) is 22.9. The van der Waals surface area contributed by atoms with Gasteiger partial charge < -0.3 is 15.2 Å². The van der Waals surface area contributed by atoms with Crippen molar-refractivity contribution in [2.75, 3.05) is 20.0 Å². The fraction of sp³-hybridized carbons (Fsp3) is 0.133. The number of rotatable bonds is 4. The van der Waals surface area contributed by atoms with Gasteiger partial charge in [0, 0.05) is 4.47 Å². The van der Waals surface area contributed by atoms with Crippen molar-refractivity contribution in [3.63, 3.8) is 0 Å². The van der Waals surface area contributed by atoms with Crippen molar-refractivity contribution in [1.82, 2.24) is 0 Å². The second-order valence-corrected chi connectivity index (χ2v) is 10.1. The maximum absolute atomic E-state index is 11.5. The first kappa shape index (κ1) is 29.2. The Morgan fingerprint density at radius 1 is 0.684 bits per heavy atom. The summed E-state index contributed by atoms with van der Waals surface area (Å²) < 4.78 is 10.3. The van der Waals surface area contributed by atoms with Gasteiger partial charge in [0.2, 0.25) is 0 Å². The third-order valence-electron chi connectivity index (χ3n) is 5.83. The second kappa shape index (κ2) is 13.0. The van der Waals surface area contributed by atoms with Gasteiger partial charge in [-0.2, -0.15) is 0 Å². The van der Waals surface area contributed by atoms with Gasteiger partial charge >= 0.3 is 11.9 Å². The molecule has 0 fully saturated rings. The highest BCUT2D eigenvalue weighted by Crippen LogP contribution is 2.31. The van der Waals surface area contributed by atoms with Crippen LogP contribution in [-0.2, 0) is 9.47 Å². The molecule has 0 aromatic heterocycles. The molecule has 0 radical (unpaired) electrons. The van der Waals surface area contributed by atoms with Crippen molar-refractivity contribution >= 4 is 56.8 Å². The summed E-state index contributed by atoms with van der Waals surface area (Å²) in [5, 5.41) is 1.21. The number of hydrogen-bond donors (Lipinski definition) is 1. The van der Waals surface area contributed by atoms with Crippen LogP contribution in [0.3, 0.4) is 0 Å². The Balaban J connectivity index is 0.000000211. The van der Waals surface area contributed by atoms with E-state index >= 15 is 0 Å². The number of aryl methyl sites for hydroxylation is 2. The number of nitrogen functional groups attached to an aromatic ring is 1. The zero-order valence-corrected chi connectivity index (χ0v) is 24.4. The largest absolute Gasteiger partial charge is 0.465 e. The molecule has 4 aromatic rings. The van der Waals surface area contributed by atoms with Crippen molar-refractivity contribution in [1.29, 1.82) is 0 Å². The van der Waals surface area contributed by atoms with Crippen LogP contribution < -0.4 is 5.73 Å². The molecule has 0 aliphatic carbocycles. The number of ether oxygens (including phenoxy) is 2. The Labute approximate surface area is 240 Å². The maximum atomic E-state index is 11.5. The Kier molecular flexibility index (Phi) is 9.97. The normalized spacial score (nSPS) is 10.3. The second-order valence-electron chi connectivity index (χ2n) is 8.41. The van der Waals surface area contributed by atoms with E-state index in [2.05, 4.69) is 15.9 Å². The lowest BCUT2D eigenvalue weighted by Gasteiger charge is -2.09. The number of methoxy groups -OCH3 is 2. The standard InChI is InChI=1S/C15H12BrClO2.C15H14ClNO2/c1-9-7-11(15(18)19-2)3-5-12(9)10-4-6-14(17)13(16)8-10;1-9-7-11(15(18)19-2)3-5-12(9)10-4-6-13(16)14(17)8-10/h3-8H,1-2H3;3-8H,17H2,1-2H3. The number of carbonyl (C=O) groups excluding carboxylic acids is 2. The number of esters is 2. The van der Waals surface area contributed by atoms with E-state index in [-0.39, 0.29) is 11.9 Å². The number of hydrogen-bond acceptors (Lipinski definition) is 5. The average molecular weight is 615 g/mol. The predicted octanol–water partition coefficient (Wildman–Crippen LogP) is 8.55. The Morgan fingerprint density at radius 2 is 1.13 bits per heavy atom. The first-order chi connectivity index (χ1) is 18.0.